The van der Waals surface area contributed by atoms with Crippen LogP contribution in [0.3, 0.4) is 0 Å². The molecule has 0 atom stereocenters. The molecule has 0 saturated heterocycles. The molecule has 1 aliphatic carbocycles. The Balaban J connectivity index is 1.09. The lowest BCUT2D eigenvalue weighted by atomic mass is 10.00. The predicted octanol–water partition coefficient (Wildman–Crippen LogP) is 12.9. The number of pyridine rings is 1. The topological polar surface area (TPSA) is 22.8 Å². The summed E-state index contributed by atoms with van der Waals surface area (Å²) in [6, 6.07) is 62.3. The van der Waals surface area contributed by atoms with Crippen molar-refractivity contribution in [1.82, 2.24) is 14.1 Å². The van der Waals surface area contributed by atoms with Crippen LogP contribution in [0.4, 0.5) is 0 Å². The molecule has 0 spiro atoms. The minimum absolute atomic E-state index is 1.05. The van der Waals surface area contributed by atoms with Gasteiger partial charge in [-0.25, -0.2) is 0 Å². The van der Waals surface area contributed by atoms with Gasteiger partial charge in [-0.3, -0.25) is 4.98 Å². The van der Waals surface area contributed by atoms with Crippen molar-refractivity contribution in [3.05, 3.63) is 176 Å². The fraction of sp³-hybridized carbons (Fsp3) is 0. The molecule has 0 radical (unpaired) electrons. The number of hydrogen-bond acceptors (Lipinski definition) is 1. The fourth-order valence-electron chi connectivity index (χ4n) is 9.02. The Morgan fingerprint density at radius 3 is 1.94 bits per heavy atom. The molecule has 3 heteroatoms. The van der Waals surface area contributed by atoms with Gasteiger partial charge in [-0.1, -0.05) is 103 Å². The van der Waals surface area contributed by atoms with Gasteiger partial charge < -0.3 is 9.13 Å². The molecule has 3 aromatic heterocycles. The van der Waals surface area contributed by atoms with E-state index < -0.39 is 0 Å². The van der Waals surface area contributed by atoms with Gasteiger partial charge in [-0.15, -0.1) is 0 Å². The van der Waals surface area contributed by atoms with Gasteiger partial charge in [-0.2, -0.15) is 0 Å². The third-order valence-electron chi connectivity index (χ3n) is 11.3. The summed E-state index contributed by atoms with van der Waals surface area (Å²) in [7, 11) is 0. The normalized spacial score (nSPS) is 12.2. The second-order valence-corrected chi connectivity index (χ2v) is 14.0. The lowest BCUT2D eigenvalue weighted by Crippen LogP contribution is -1.95. The third-order valence-corrected chi connectivity index (χ3v) is 11.3. The van der Waals surface area contributed by atoms with E-state index in [2.05, 4.69) is 184 Å². The van der Waals surface area contributed by atoms with Crippen molar-refractivity contribution in [3.63, 3.8) is 0 Å². The Hall–Kier alpha value is -6.97. The van der Waals surface area contributed by atoms with Gasteiger partial charge in [0, 0.05) is 49.9 Å². The summed E-state index contributed by atoms with van der Waals surface area (Å²) in [6.07, 6.45) is 1.94. The molecule has 0 unspecified atom stereocenters. The average molecular weight is 660 g/mol. The number of fused-ring (bicyclic) bond motifs is 11. The summed E-state index contributed by atoms with van der Waals surface area (Å²) in [5.41, 5.74) is 15.7. The Morgan fingerprint density at radius 1 is 0.365 bits per heavy atom. The second-order valence-electron chi connectivity index (χ2n) is 14.0. The standard InChI is InChI=1S/C49H29N3/c1-2-10-33(11-3-1)51-45-16-7-6-13-37(45)42-27-31(18-23-46(42)51)32-19-24-47-43(28-32)40-21-17-30-9-4-5-12-35(30)49(40)52(47)34-20-22-36-38-14-8-15-44-48(38)39(25-26-50-44)41(36)29-34/h1-29H. The lowest BCUT2D eigenvalue weighted by Gasteiger charge is -2.12. The summed E-state index contributed by atoms with van der Waals surface area (Å²) < 4.78 is 4.86. The van der Waals surface area contributed by atoms with Crippen LogP contribution < -0.4 is 0 Å². The quantitative estimate of drug-likeness (QED) is 0.185. The maximum absolute atomic E-state index is 4.69. The lowest BCUT2D eigenvalue weighted by molar-refractivity contribution is 1.18. The highest BCUT2D eigenvalue weighted by atomic mass is 15.0. The largest absolute Gasteiger partial charge is 0.309 e. The molecule has 0 amide bonds. The molecule has 1 aliphatic rings. The van der Waals surface area contributed by atoms with E-state index in [1.165, 1.54) is 98.8 Å². The van der Waals surface area contributed by atoms with Crippen molar-refractivity contribution in [2.24, 2.45) is 0 Å². The van der Waals surface area contributed by atoms with Crippen LogP contribution in [-0.2, 0) is 0 Å². The molecule has 0 N–H and O–H groups in total. The predicted molar refractivity (Wildman–Crippen MR) is 218 cm³/mol. The van der Waals surface area contributed by atoms with Gasteiger partial charge in [0.25, 0.3) is 0 Å². The number of rotatable bonds is 3. The molecule has 3 heterocycles. The Morgan fingerprint density at radius 2 is 1.08 bits per heavy atom. The average Bonchev–Trinajstić information content (AvgIpc) is 3.84. The molecular weight excluding hydrogens is 631 g/mol. The molecule has 0 bridgehead atoms. The van der Waals surface area contributed by atoms with Crippen molar-refractivity contribution in [3.8, 4) is 44.8 Å². The third kappa shape index (κ3) is 3.72. The first-order valence-corrected chi connectivity index (χ1v) is 17.9. The number of hydrogen-bond donors (Lipinski definition) is 0. The summed E-state index contributed by atoms with van der Waals surface area (Å²) >= 11 is 0. The van der Waals surface area contributed by atoms with E-state index >= 15 is 0 Å². The molecule has 0 saturated carbocycles. The fourth-order valence-corrected chi connectivity index (χ4v) is 9.02. The molecule has 3 nitrogen and oxygen atoms in total. The molecule has 11 aromatic rings. The highest BCUT2D eigenvalue weighted by Crippen LogP contribution is 2.48. The summed E-state index contributed by atoms with van der Waals surface area (Å²) in [5, 5.41) is 8.77. The number of aromatic nitrogens is 3. The number of nitrogens with zero attached hydrogens (tertiary/aromatic N) is 3. The minimum atomic E-state index is 1.05. The zero-order chi connectivity index (χ0) is 33.9. The van der Waals surface area contributed by atoms with E-state index in [1.807, 2.05) is 6.20 Å². The molecule has 0 aliphatic heterocycles. The summed E-state index contributed by atoms with van der Waals surface area (Å²) in [4.78, 5) is 4.69. The first-order valence-electron chi connectivity index (χ1n) is 17.9. The van der Waals surface area contributed by atoms with Crippen molar-refractivity contribution >= 4 is 65.3 Å². The van der Waals surface area contributed by atoms with Crippen LogP contribution in [0.25, 0.3) is 110 Å². The van der Waals surface area contributed by atoms with Crippen molar-refractivity contribution in [1.29, 1.82) is 0 Å². The van der Waals surface area contributed by atoms with Crippen LogP contribution in [0.1, 0.15) is 0 Å². The molecular formula is C49H29N3. The van der Waals surface area contributed by atoms with Crippen LogP contribution in [0.2, 0.25) is 0 Å². The van der Waals surface area contributed by atoms with E-state index in [4.69, 9.17) is 0 Å². The smallest absolute Gasteiger partial charge is 0.0714 e. The number of para-hydroxylation sites is 2. The Bertz CT molecular complexity index is 3280. The number of benzene rings is 8. The van der Waals surface area contributed by atoms with E-state index in [9.17, 15) is 0 Å². The van der Waals surface area contributed by atoms with E-state index in [-0.39, 0.29) is 0 Å². The van der Waals surface area contributed by atoms with Gasteiger partial charge in [0.15, 0.2) is 0 Å². The highest BCUT2D eigenvalue weighted by Gasteiger charge is 2.24. The zero-order valence-corrected chi connectivity index (χ0v) is 28.1. The monoisotopic (exact) mass is 659 g/mol. The SMILES string of the molecule is c1ccc(-n2c3ccccc3c3cc(-c4ccc5c(c4)c4ccc6ccccc6c4n5-c4ccc5c(c4)-c4ccnc6cccc-5c46)ccc32)cc1. The molecule has 240 valence electrons. The minimum Gasteiger partial charge on any atom is -0.309 e. The first kappa shape index (κ1) is 27.8. The Kier molecular flexibility index (Phi) is 5.50. The zero-order valence-electron chi connectivity index (χ0n) is 28.1. The second kappa shape index (κ2) is 10.3. The maximum atomic E-state index is 4.69. The molecule has 0 fully saturated rings. The van der Waals surface area contributed by atoms with Crippen molar-refractivity contribution in [2.75, 3.05) is 0 Å². The Labute approximate surface area is 299 Å². The van der Waals surface area contributed by atoms with Crippen molar-refractivity contribution in [2.45, 2.75) is 0 Å². The van der Waals surface area contributed by atoms with Crippen LogP contribution in [-0.4, -0.2) is 14.1 Å². The van der Waals surface area contributed by atoms with Gasteiger partial charge in [0.05, 0.1) is 27.6 Å². The van der Waals surface area contributed by atoms with Gasteiger partial charge in [0.2, 0.25) is 0 Å². The van der Waals surface area contributed by atoms with E-state index in [0.29, 0.717) is 0 Å². The first-order chi connectivity index (χ1) is 25.8. The van der Waals surface area contributed by atoms with Crippen LogP contribution >= 0.6 is 0 Å². The molecule has 12 rings (SSSR count). The highest BCUT2D eigenvalue weighted by molar-refractivity contribution is 6.20. The van der Waals surface area contributed by atoms with Gasteiger partial charge >= 0.3 is 0 Å². The maximum Gasteiger partial charge on any atom is 0.0714 e. The van der Waals surface area contributed by atoms with Crippen LogP contribution in [0.15, 0.2) is 176 Å². The molecule has 8 aromatic carbocycles. The van der Waals surface area contributed by atoms with Gasteiger partial charge in [-0.05, 0) is 105 Å². The summed E-state index contributed by atoms with van der Waals surface area (Å²) in [5.74, 6) is 0. The summed E-state index contributed by atoms with van der Waals surface area (Å²) in [6.45, 7) is 0. The van der Waals surface area contributed by atoms with Crippen molar-refractivity contribution < 1.29 is 0 Å². The van der Waals surface area contributed by atoms with E-state index in [0.717, 1.165) is 11.2 Å². The van der Waals surface area contributed by atoms with Crippen LogP contribution in [0, 0.1) is 0 Å². The van der Waals surface area contributed by atoms with Crippen LogP contribution in [0.5, 0.6) is 0 Å². The van der Waals surface area contributed by atoms with Gasteiger partial charge in [0.1, 0.15) is 0 Å². The van der Waals surface area contributed by atoms with E-state index in [1.54, 1.807) is 0 Å². The molecule has 52 heavy (non-hydrogen) atoms.